The number of likely N-dealkylation sites (tertiary alicyclic amines) is 1. The molecule has 42 heavy (non-hydrogen) atoms. The predicted octanol–water partition coefficient (Wildman–Crippen LogP) is 5.49. The SMILES string of the molecule is CSCCC(=O)N1C[C@@H](c2nc(-c3ccc(C(=O)Nc4cc(C(F)(F)F)ccn4)cc3)c3c(N)nccn23)CC[C@@H]1C. The monoisotopic (exact) mass is 597 g/mol. The summed E-state index contributed by atoms with van der Waals surface area (Å²) >= 11 is 1.65. The molecule has 0 unspecified atom stereocenters. The van der Waals surface area contributed by atoms with Gasteiger partial charge in [-0.2, -0.15) is 24.9 Å². The van der Waals surface area contributed by atoms with E-state index in [-0.39, 0.29) is 29.2 Å². The summed E-state index contributed by atoms with van der Waals surface area (Å²) < 4.78 is 41.0. The fourth-order valence-corrected chi connectivity index (χ4v) is 5.60. The first kappa shape index (κ1) is 29.4. The molecule has 0 bridgehead atoms. The number of anilines is 2. The van der Waals surface area contributed by atoms with Crippen LogP contribution in [0.15, 0.2) is 55.0 Å². The number of carbonyl (C=O) groups excluding carboxylic acids is 2. The summed E-state index contributed by atoms with van der Waals surface area (Å²) in [6.45, 7) is 2.63. The number of imidazole rings is 1. The molecule has 0 radical (unpaired) electrons. The fraction of sp³-hybridized carbons (Fsp3) is 0.345. The number of carbonyl (C=O) groups is 2. The second-order valence-corrected chi connectivity index (χ2v) is 11.2. The Labute approximate surface area is 244 Å². The molecule has 0 spiro atoms. The average Bonchev–Trinajstić information content (AvgIpc) is 3.37. The van der Waals surface area contributed by atoms with Crippen LogP contribution in [0, 0.1) is 0 Å². The van der Waals surface area contributed by atoms with E-state index in [1.807, 2.05) is 15.6 Å². The van der Waals surface area contributed by atoms with Gasteiger partial charge in [-0.3, -0.25) is 14.0 Å². The van der Waals surface area contributed by atoms with E-state index >= 15 is 0 Å². The van der Waals surface area contributed by atoms with Crippen LogP contribution in [0.5, 0.6) is 0 Å². The Morgan fingerprint density at radius 1 is 1.12 bits per heavy atom. The van der Waals surface area contributed by atoms with Crippen molar-refractivity contribution in [3.05, 3.63) is 71.9 Å². The van der Waals surface area contributed by atoms with Crippen LogP contribution in [-0.2, 0) is 11.0 Å². The Hall–Kier alpha value is -4.13. The maximum atomic E-state index is 13.0. The first-order valence-electron chi connectivity index (χ1n) is 13.4. The highest BCUT2D eigenvalue weighted by molar-refractivity contribution is 7.98. The minimum absolute atomic E-state index is 0.00695. The largest absolute Gasteiger partial charge is 0.416 e. The van der Waals surface area contributed by atoms with Gasteiger partial charge >= 0.3 is 6.18 Å². The Morgan fingerprint density at radius 3 is 2.60 bits per heavy atom. The fourth-order valence-electron chi connectivity index (χ4n) is 5.22. The lowest BCUT2D eigenvalue weighted by Crippen LogP contribution is -2.45. The molecule has 2 amide bonds. The summed E-state index contributed by atoms with van der Waals surface area (Å²) in [7, 11) is 0. The highest BCUT2D eigenvalue weighted by Crippen LogP contribution is 2.35. The second-order valence-electron chi connectivity index (χ2n) is 10.2. The van der Waals surface area contributed by atoms with E-state index in [1.54, 1.807) is 48.4 Å². The molecule has 0 saturated carbocycles. The topological polar surface area (TPSA) is 119 Å². The molecule has 13 heteroatoms. The van der Waals surface area contributed by atoms with E-state index < -0.39 is 17.6 Å². The van der Waals surface area contributed by atoms with Crippen molar-refractivity contribution in [2.24, 2.45) is 0 Å². The van der Waals surface area contributed by atoms with Crippen molar-refractivity contribution in [3.8, 4) is 11.3 Å². The number of alkyl halides is 3. The van der Waals surface area contributed by atoms with E-state index in [0.717, 1.165) is 42.7 Å². The van der Waals surface area contributed by atoms with Crippen molar-refractivity contribution in [1.82, 2.24) is 24.3 Å². The number of piperidine rings is 1. The molecule has 3 N–H and O–H groups in total. The van der Waals surface area contributed by atoms with Gasteiger partial charge in [0.05, 0.1) is 5.56 Å². The third-order valence-corrected chi connectivity index (χ3v) is 8.06. The third-order valence-electron chi connectivity index (χ3n) is 7.45. The third kappa shape index (κ3) is 6.06. The van der Waals surface area contributed by atoms with E-state index in [4.69, 9.17) is 10.7 Å². The van der Waals surface area contributed by atoms with Gasteiger partial charge in [0.25, 0.3) is 5.91 Å². The zero-order chi connectivity index (χ0) is 30.0. The molecular weight excluding hydrogens is 567 g/mol. The Balaban J connectivity index is 1.41. The summed E-state index contributed by atoms with van der Waals surface area (Å²) in [6, 6.07) is 8.29. The molecule has 1 saturated heterocycles. The van der Waals surface area contributed by atoms with Gasteiger partial charge in [0, 0.05) is 60.4 Å². The maximum Gasteiger partial charge on any atom is 0.416 e. The van der Waals surface area contributed by atoms with Crippen molar-refractivity contribution >= 4 is 40.7 Å². The van der Waals surface area contributed by atoms with Crippen LogP contribution in [0.2, 0.25) is 0 Å². The number of rotatable bonds is 7. The molecule has 9 nitrogen and oxygen atoms in total. The van der Waals surface area contributed by atoms with Gasteiger partial charge in [-0.25, -0.2) is 15.0 Å². The number of hydrogen-bond acceptors (Lipinski definition) is 7. The standard InChI is InChI=1S/C29H30F3N7O2S/c1-17-3-4-20(16-39(17)23(40)10-14-42-2)27-37-24(25-26(33)35-12-13-38(25)27)18-5-7-19(8-6-18)28(41)36-22-15-21(9-11-34-22)29(30,31)32/h5-9,11-13,15,17,20H,3-4,10,14,16H2,1-2H3,(H2,33,35)(H,34,36,41)/t17-,20-/m0/s1. The summed E-state index contributed by atoms with van der Waals surface area (Å²) in [5, 5.41) is 2.41. The normalized spacial score (nSPS) is 17.4. The Morgan fingerprint density at radius 2 is 1.88 bits per heavy atom. The molecule has 0 aliphatic carbocycles. The number of pyridine rings is 1. The van der Waals surface area contributed by atoms with Crippen molar-refractivity contribution in [2.45, 2.75) is 44.3 Å². The van der Waals surface area contributed by atoms with E-state index in [2.05, 4.69) is 22.2 Å². The van der Waals surface area contributed by atoms with Gasteiger partial charge in [0.15, 0.2) is 0 Å². The quantitative estimate of drug-likeness (QED) is 0.289. The molecule has 220 valence electrons. The molecule has 4 heterocycles. The van der Waals surface area contributed by atoms with Crippen LogP contribution >= 0.6 is 11.8 Å². The number of nitrogens with one attached hydrogen (secondary N) is 1. The van der Waals surface area contributed by atoms with Crippen molar-refractivity contribution in [1.29, 1.82) is 0 Å². The number of halogens is 3. The van der Waals surface area contributed by atoms with E-state index in [9.17, 15) is 22.8 Å². The predicted molar refractivity (Wildman–Crippen MR) is 156 cm³/mol. The van der Waals surface area contributed by atoms with Crippen LogP contribution in [0.3, 0.4) is 0 Å². The molecular formula is C29H30F3N7O2S. The Kier molecular flexibility index (Phi) is 8.39. The van der Waals surface area contributed by atoms with Crippen LogP contribution in [0.1, 0.15) is 53.8 Å². The molecule has 3 aromatic heterocycles. The van der Waals surface area contributed by atoms with Gasteiger partial charge in [0.2, 0.25) is 5.91 Å². The van der Waals surface area contributed by atoms with Crippen molar-refractivity contribution in [3.63, 3.8) is 0 Å². The number of hydrogen-bond donors (Lipinski definition) is 2. The lowest BCUT2D eigenvalue weighted by atomic mass is 9.92. The van der Waals surface area contributed by atoms with Crippen LogP contribution < -0.4 is 11.1 Å². The summed E-state index contributed by atoms with van der Waals surface area (Å²) in [4.78, 5) is 40.7. The van der Waals surface area contributed by atoms with Gasteiger partial charge in [-0.1, -0.05) is 12.1 Å². The second kappa shape index (κ2) is 12.0. The smallest absolute Gasteiger partial charge is 0.382 e. The highest BCUT2D eigenvalue weighted by atomic mass is 32.2. The lowest BCUT2D eigenvalue weighted by molar-refractivity contribution is -0.137. The summed E-state index contributed by atoms with van der Waals surface area (Å²) in [5.74, 6) is 1.17. The highest BCUT2D eigenvalue weighted by Gasteiger charge is 2.33. The zero-order valence-corrected chi connectivity index (χ0v) is 23.9. The van der Waals surface area contributed by atoms with Gasteiger partial charge < -0.3 is 16.0 Å². The summed E-state index contributed by atoms with van der Waals surface area (Å²) in [6.07, 6.45) is 4.05. The molecule has 1 aliphatic rings. The van der Waals surface area contributed by atoms with Gasteiger partial charge in [0.1, 0.15) is 28.7 Å². The first-order valence-corrected chi connectivity index (χ1v) is 14.8. The number of thioether (sulfide) groups is 1. The number of amides is 2. The molecule has 4 aromatic rings. The number of aromatic nitrogens is 4. The number of benzene rings is 1. The number of nitrogen functional groups attached to an aromatic ring is 1. The molecule has 5 rings (SSSR count). The number of fused-ring (bicyclic) bond motifs is 1. The minimum Gasteiger partial charge on any atom is -0.382 e. The average molecular weight is 598 g/mol. The maximum absolute atomic E-state index is 13.0. The molecule has 1 aromatic carbocycles. The minimum atomic E-state index is -4.55. The zero-order valence-electron chi connectivity index (χ0n) is 23.1. The molecule has 2 atom stereocenters. The van der Waals surface area contributed by atoms with Crippen molar-refractivity contribution in [2.75, 3.05) is 29.6 Å². The number of nitrogens with two attached hydrogens (primary N) is 1. The van der Waals surface area contributed by atoms with Gasteiger partial charge in [-0.15, -0.1) is 0 Å². The summed E-state index contributed by atoms with van der Waals surface area (Å²) in [5.41, 5.74) is 7.52. The van der Waals surface area contributed by atoms with E-state index in [1.165, 1.54) is 0 Å². The first-order chi connectivity index (χ1) is 20.1. The number of nitrogens with zero attached hydrogens (tertiary/aromatic N) is 5. The molecule has 1 aliphatic heterocycles. The molecule has 1 fully saturated rings. The van der Waals surface area contributed by atoms with Crippen LogP contribution in [0.4, 0.5) is 24.8 Å². The van der Waals surface area contributed by atoms with Gasteiger partial charge in [-0.05, 0) is 50.3 Å². The van der Waals surface area contributed by atoms with Crippen LogP contribution in [-0.4, -0.2) is 60.7 Å². The lowest BCUT2D eigenvalue weighted by Gasteiger charge is -2.37. The van der Waals surface area contributed by atoms with Crippen LogP contribution in [0.25, 0.3) is 16.8 Å². The van der Waals surface area contributed by atoms with Crippen molar-refractivity contribution < 1.29 is 22.8 Å². The van der Waals surface area contributed by atoms with E-state index in [0.29, 0.717) is 35.6 Å². The Bertz CT molecular complexity index is 1610.